The third-order valence-electron chi connectivity index (χ3n) is 4.26. The number of hydrogen-bond donors (Lipinski definition) is 2. The molecule has 150 valence electrons. The summed E-state index contributed by atoms with van der Waals surface area (Å²) in [6, 6.07) is 8.44. The lowest BCUT2D eigenvalue weighted by Crippen LogP contribution is -2.30. The van der Waals surface area contributed by atoms with Crippen molar-refractivity contribution in [2.24, 2.45) is 0 Å². The summed E-state index contributed by atoms with van der Waals surface area (Å²) in [6.07, 6.45) is 2.67. The first-order valence-corrected chi connectivity index (χ1v) is 10.6. The van der Waals surface area contributed by atoms with Crippen molar-refractivity contribution in [2.75, 3.05) is 23.3 Å². The number of halogens is 1. The van der Waals surface area contributed by atoms with Crippen molar-refractivity contribution in [3.63, 3.8) is 0 Å². The normalized spacial score (nSPS) is 13.8. The molecule has 0 bridgehead atoms. The second-order valence-electron chi connectivity index (χ2n) is 6.27. The Morgan fingerprint density at radius 2 is 2.04 bits per heavy atom. The maximum Gasteiger partial charge on any atom is 0.278 e. The molecule has 0 unspecified atom stereocenters. The molecular formula is C18H21ClN4O4S. The van der Waals surface area contributed by atoms with Gasteiger partial charge in [-0.25, -0.2) is 18.9 Å². The summed E-state index contributed by atoms with van der Waals surface area (Å²) in [5.74, 6) is -0.495. The molecule has 0 atom stereocenters. The van der Waals surface area contributed by atoms with Gasteiger partial charge in [0.1, 0.15) is 5.15 Å². The van der Waals surface area contributed by atoms with Crippen LogP contribution in [0.1, 0.15) is 30.1 Å². The zero-order valence-corrected chi connectivity index (χ0v) is 17.0. The average Bonchev–Trinajstić information content (AvgIpc) is 3.52. The molecule has 8 nitrogen and oxygen atoms in total. The van der Waals surface area contributed by atoms with Crippen LogP contribution in [0.15, 0.2) is 36.5 Å². The molecule has 1 aromatic carbocycles. The molecule has 1 saturated carbocycles. The van der Waals surface area contributed by atoms with E-state index in [0.717, 1.165) is 0 Å². The predicted octanol–water partition coefficient (Wildman–Crippen LogP) is 3.09. The summed E-state index contributed by atoms with van der Waals surface area (Å²) in [7, 11) is -1.90. The van der Waals surface area contributed by atoms with Crippen LogP contribution >= 0.6 is 11.6 Å². The van der Waals surface area contributed by atoms with Gasteiger partial charge in [-0.05, 0) is 38.0 Å². The maximum absolute atomic E-state index is 12.6. The number of carbonyl (C=O) groups excluding carboxylic acids is 1. The molecule has 10 heteroatoms. The summed E-state index contributed by atoms with van der Waals surface area (Å²) in [5.41, 5.74) is 3.88. The Balaban J connectivity index is 1.95. The van der Waals surface area contributed by atoms with Crippen molar-refractivity contribution in [3.8, 4) is 0 Å². The lowest BCUT2D eigenvalue weighted by Gasteiger charge is -2.23. The van der Waals surface area contributed by atoms with Gasteiger partial charge in [0, 0.05) is 13.2 Å². The number of benzene rings is 1. The molecule has 0 aliphatic heterocycles. The molecule has 3 rings (SSSR count). The molecular weight excluding hydrogens is 404 g/mol. The number of aromatic nitrogens is 1. The van der Waals surface area contributed by atoms with Crippen LogP contribution < -0.4 is 15.1 Å². The minimum atomic E-state index is -3.42. The number of anilines is 3. The molecule has 1 fully saturated rings. The molecule has 0 radical (unpaired) electrons. The number of hydrogen-bond acceptors (Lipinski definition) is 6. The van der Waals surface area contributed by atoms with Crippen LogP contribution in [0.4, 0.5) is 17.1 Å². The van der Waals surface area contributed by atoms with Gasteiger partial charge >= 0.3 is 0 Å². The zero-order valence-electron chi connectivity index (χ0n) is 15.5. The highest BCUT2D eigenvalue weighted by molar-refractivity contribution is 7.93. The summed E-state index contributed by atoms with van der Waals surface area (Å²) >= 11 is 6.00. The monoisotopic (exact) mass is 424 g/mol. The van der Waals surface area contributed by atoms with Crippen LogP contribution in [0, 0.1) is 0 Å². The van der Waals surface area contributed by atoms with Gasteiger partial charge < -0.3 is 5.32 Å². The molecule has 28 heavy (non-hydrogen) atoms. The van der Waals surface area contributed by atoms with Crippen molar-refractivity contribution < 1.29 is 18.0 Å². The highest BCUT2D eigenvalue weighted by Crippen LogP contribution is 2.36. The molecule has 0 saturated heterocycles. The van der Waals surface area contributed by atoms with E-state index in [4.69, 9.17) is 16.4 Å². The van der Waals surface area contributed by atoms with Crippen LogP contribution in [0.25, 0.3) is 0 Å². The van der Waals surface area contributed by atoms with E-state index >= 15 is 0 Å². The lowest BCUT2D eigenvalue weighted by atomic mass is 10.2. The van der Waals surface area contributed by atoms with E-state index in [1.165, 1.54) is 23.6 Å². The van der Waals surface area contributed by atoms with Crippen molar-refractivity contribution in [2.45, 2.75) is 25.0 Å². The van der Waals surface area contributed by atoms with Crippen molar-refractivity contribution in [3.05, 3.63) is 47.2 Å². The predicted molar refractivity (Wildman–Crippen MR) is 108 cm³/mol. The smallest absolute Gasteiger partial charge is 0.278 e. The Bertz CT molecular complexity index is 979. The first-order chi connectivity index (χ1) is 13.3. The number of carbonyl (C=O) groups is 1. The second kappa shape index (κ2) is 8.34. The Morgan fingerprint density at radius 1 is 1.32 bits per heavy atom. The van der Waals surface area contributed by atoms with Gasteiger partial charge in [-0.15, -0.1) is 0 Å². The van der Waals surface area contributed by atoms with Crippen LogP contribution in [0.3, 0.4) is 0 Å². The van der Waals surface area contributed by atoms with E-state index in [-0.39, 0.29) is 16.0 Å². The zero-order chi connectivity index (χ0) is 20.3. The van der Waals surface area contributed by atoms with Gasteiger partial charge in [-0.2, -0.15) is 0 Å². The first-order valence-electron chi connectivity index (χ1n) is 8.76. The summed E-state index contributed by atoms with van der Waals surface area (Å²) < 4.78 is 26.5. The summed E-state index contributed by atoms with van der Waals surface area (Å²) in [4.78, 5) is 21.2. The SMILES string of the molecule is CCONC(=O)c1cnc(Cl)cc1Nc1ccccc1N(C)S(=O)(=O)C1CC1. The van der Waals surface area contributed by atoms with Crippen molar-refractivity contribution in [1.29, 1.82) is 0 Å². The fraction of sp³-hybridized carbons (Fsp3) is 0.333. The average molecular weight is 425 g/mol. The minimum absolute atomic E-state index is 0.187. The highest BCUT2D eigenvalue weighted by atomic mass is 35.5. The van der Waals surface area contributed by atoms with Crippen LogP contribution in [-0.2, 0) is 14.9 Å². The fourth-order valence-corrected chi connectivity index (χ4v) is 4.40. The number of nitrogens with one attached hydrogen (secondary N) is 2. The van der Waals surface area contributed by atoms with Crippen molar-refractivity contribution in [1.82, 2.24) is 10.5 Å². The van der Waals surface area contributed by atoms with Crippen LogP contribution in [-0.4, -0.2) is 38.2 Å². The fourth-order valence-electron chi connectivity index (χ4n) is 2.63. The first kappa shape index (κ1) is 20.4. The highest BCUT2D eigenvalue weighted by Gasteiger charge is 2.39. The quantitative estimate of drug-likeness (QED) is 0.499. The second-order valence-corrected chi connectivity index (χ2v) is 8.90. The molecule has 1 aliphatic rings. The van der Waals surface area contributed by atoms with Crippen LogP contribution in [0.2, 0.25) is 5.15 Å². The van der Waals surface area contributed by atoms with Crippen molar-refractivity contribution >= 4 is 44.6 Å². The third-order valence-corrected chi connectivity index (χ3v) is 6.75. The molecule has 0 spiro atoms. The van der Waals surface area contributed by atoms with Gasteiger partial charge in [0.2, 0.25) is 10.0 Å². The number of sulfonamides is 1. The third kappa shape index (κ3) is 4.37. The Hall–Kier alpha value is -2.36. The lowest BCUT2D eigenvalue weighted by molar-refractivity contribution is 0.0365. The summed E-state index contributed by atoms with van der Waals surface area (Å²) in [5, 5.41) is 2.95. The maximum atomic E-state index is 12.6. The molecule has 1 aliphatic carbocycles. The molecule has 2 N–H and O–H groups in total. The molecule has 2 aromatic rings. The van der Waals surface area contributed by atoms with Gasteiger partial charge in [-0.3, -0.25) is 13.9 Å². The van der Waals surface area contributed by atoms with Gasteiger partial charge in [-0.1, -0.05) is 23.7 Å². The molecule has 1 aromatic heterocycles. The Labute approximate surface area is 168 Å². The number of amides is 1. The number of rotatable bonds is 8. The number of hydroxylamine groups is 1. The van der Waals surface area contributed by atoms with E-state index in [1.54, 1.807) is 31.2 Å². The Morgan fingerprint density at radius 3 is 2.71 bits per heavy atom. The van der Waals surface area contributed by atoms with Gasteiger partial charge in [0.25, 0.3) is 5.91 Å². The van der Waals surface area contributed by atoms with E-state index in [0.29, 0.717) is 36.5 Å². The number of pyridine rings is 1. The van der Waals surface area contributed by atoms with Crippen LogP contribution in [0.5, 0.6) is 0 Å². The summed E-state index contributed by atoms with van der Waals surface area (Å²) in [6.45, 7) is 2.05. The van der Waals surface area contributed by atoms with Gasteiger partial charge in [0.05, 0.1) is 34.5 Å². The van der Waals surface area contributed by atoms with E-state index in [2.05, 4.69) is 15.8 Å². The van der Waals surface area contributed by atoms with Gasteiger partial charge in [0.15, 0.2) is 0 Å². The topological polar surface area (TPSA) is 101 Å². The Kier molecular flexibility index (Phi) is 6.07. The van der Waals surface area contributed by atoms with E-state index < -0.39 is 15.9 Å². The largest absolute Gasteiger partial charge is 0.353 e. The number of nitrogens with zero attached hydrogens (tertiary/aromatic N) is 2. The molecule has 1 heterocycles. The van der Waals surface area contributed by atoms with E-state index in [9.17, 15) is 13.2 Å². The minimum Gasteiger partial charge on any atom is -0.353 e. The molecule has 1 amide bonds. The van der Waals surface area contributed by atoms with E-state index in [1.807, 2.05) is 0 Å². The number of para-hydroxylation sites is 2. The standard InChI is InChI=1S/C18H21ClN4O4S/c1-3-27-22-18(24)13-11-20-17(19)10-15(13)21-14-6-4-5-7-16(14)23(2)28(25,26)12-8-9-12/h4-7,10-12H,3,8-9H2,1-2H3,(H,20,21)(H,22,24).